The summed E-state index contributed by atoms with van der Waals surface area (Å²) in [6.07, 6.45) is 0. The van der Waals surface area contributed by atoms with Crippen LogP contribution >= 0.6 is 6.72 Å². The van der Waals surface area contributed by atoms with Gasteiger partial charge in [-0.2, -0.15) is 0 Å². The molecular formula is C8H22NaO3PS. The first-order chi connectivity index (χ1) is 5.73. The summed E-state index contributed by atoms with van der Waals surface area (Å²) in [4.78, 5) is 27.6. The molecule has 3 nitrogen and oxygen atoms in total. The minimum absolute atomic E-state index is 0. The van der Waals surface area contributed by atoms with Crippen LogP contribution in [0.5, 0.6) is 0 Å². The predicted molar refractivity (Wildman–Crippen MR) is 67.5 cm³/mol. The van der Waals surface area contributed by atoms with Crippen LogP contribution in [-0.4, -0.2) is 55.7 Å². The average Bonchev–Trinajstić information content (AvgIpc) is 1.81. The second kappa shape index (κ2) is 7.86. The molecule has 0 aliphatic rings. The van der Waals surface area contributed by atoms with Crippen LogP contribution in [0.2, 0.25) is 0 Å². The third-order valence-electron chi connectivity index (χ3n) is 1.40. The van der Waals surface area contributed by atoms with Gasteiger partial charge in [-0.3, -0.25) is 0 Å². The Hall–Kier alpha value is 1.66. The van der Waals surface area contributed by atoms with Crippen molar-refractivity contribution in [1.82, 2.24) is 0 Å². The standard InChI is InChI=1S/C8H21O3PS.Na.H/c1-7(2)5-13(6-8(3)4)12(9,10)11;;/h7-11H,5-6H2,1-4H3;;. The van der Waals surface area contributed by atoms with Crippen molar-refractivity contribution in [2.45, 2.75) is 27.7 Å². The fourth-order valence-corrected chi connectivity index (χ4v) is 6.10. The van der Waals surface area contributed by atoms with Crippen LogP contribution in [0.3, 0.4) is 0 Å². The van der Waals surface area contributed by atoms with Crippen molar-refractivity contribution in [2.24, 2.45) is 11.8 Å². The van der Waals surface area contributed by atoms with E-state index in [0.29, 0.717) is 23.3 Å². The van der Waals surface area contributed by atoms with E-state index in [9.17, 15) is 14.7 Å². The molecule has 0 saturated heterocycles. The summed E-state index contributed by atoms with van der Waals surface area (Å²) in [5.41, 5.74) is 0. The van der Waals surface area contributed by atoms with Gasteiger partial charge in [-0.15, -0.1) is 10.1 Å². The van der Waals surface area contributed by atoms with Gasteiger partial charge < -0.3 is 14.7 Å². The van der Waals surface area contributed by atoms with E-state index < -0.39 is 16.8 Å². The van der Waals surface area contributed by atoms with Gasteiger partial charge in [0, 0.05) is 0 Å². The van der Waals surface area contributed by atoms with Crippen LogP contribution < -0.4 is 0 Å². The predicted octanol–water partition coefficient (Wildman–Crippen LogP) is 0.923. The van der Waals surface area contributed by atoms with Gasteiger partial charge in [-0.1, -0.05) is 27.7 Å². The first kappa shape index (κ1) is 18.0. The summed E-state index contributed by atoms with van der Waals surface area (Å²) in [5, 5.41) is 0. The fraction of sp³-hybridized carbons (Fsp3) is 1.00. The Kier molecular flexibility index (Phi) is 10.1. The Morgan fingerprint density at radius 2 is 1.21 bits per heavy atom. The molecule has 0 bridgehead atoms. The van der Waals surface area contributed by atoms with Crippen molar-refractivity contribution in [3.8, 4) is 0 Å². The second-order valence-electron chi connectivity index (χ2n) is 4.10. The van der Waals surface area contributed by atoms with E-state index in [2.05, 4.69) is 0 Å². The summed E-state index contributed by atoms with van der Waals surface area (Å²) >= 11 is 0. The van der Waals surface area contributed by atoms with E-state index in [4.69, 9.17) is 0 Å². The van der Waals surface area contributed by atoms with Crippen molar-refractivity contribution in [3.63, 3.8) is 0 Å². The summed E-state index contributed by atoms with van der Waals surface area (Å²) in [5.74, 6) is 2.20. The molecule has 3 N–H and O–H groups in total. The van der Waals surface area contributed by atoms with Crippen LogP contribution in [0.25, 0.3) is 0 Å². The fourth-order valence-electron chi connectivity index (χ4n) is 1.04. The zero-order chi connectivity index (χ0) is 10.6. The number of hydrogen-bond donors (Lipinski definition) is 3. The molecule has 0 amide bonds. The van der Waals surface area contributed by atoms with Crippen LogP contribution in [0, 0.1) is 11.8 Å². The third-order valence-corrected chi connectivity index (χ3v) is 7.17. The van der Waals surface area contributed by atoms with E-state index in [-0.39, 0.29) is 29.6 Å². The molecule has 0 heterocycles. The summed E-state index contributed by atoms with van der Waals surface area (Å²) in [6, 6.07) is 0. The zero-order valence-corrected chi connectivity index (χ0v) is 10.5. The molecule has 0 aromatic rings. The van der Waals surface area contributed by atoms with Gasteiger partial charge in [-0.05, 0) is 23.3 Å². The molecule has 0 aliphatic carbocycles. The van der Waals surface area contributed by atoms with Gasteiger partial charge in [0.15, 0.2) is 0 Å². The SMILES string of the molecule is CC(C)CS(CC(C)C)=P(O)(O)O.[NaH]. The van der Waals surface area contributed by atoms with Crippen LogP contribution in [-0.2, 0) is 10.1 Å². The molecule has 0 unspecified atom stereocenters. The molecule has 0 saturated carbocycles. The minimum atomic E-state index is -3.61. The summed E-state index contributed by atoms with van der Waals surface area (Å²) < 4.78 is 0. The Morgan fingerprint density at radius 1 is 0.929 bits per heavy atom. The first-order valence-corrected chi connectivity index (χ1v) is 8.30. The van der Waals surface area contributed by atoms with Crippen molar-refractivity contribution in [2.75, 3.05) is 11.5 Å². The van der Waals surface area contributed by atoms with Crippen molar-refractivity contribution >= 4 is 46.3 Å². The quantitative estimate of drug-likeness (QED) is 0.515. The summed E-state index contributed by atoms with van der Waals surface area (Å²) in [7, 11) is -0.624. The second-order valence-corrected chi connectivity index (χ2v) is 9.73. The molecule has 0 spiro atoms. The van der Waals surface area contributed by atoms with E-state index in [1.807, 2.05) is 27.7 Å². The molecule has 0 aromatic carbocycles. The van der Waals surface area contributed by atoms with E-state index in [1.54, 1.807) is 0 Å². The molecule has 0 aromatic heterocycles. The Labute approximate surface area is 111 Å². The van der Waals surface area contributed by atoms with Gasteiger partial charge in [0.1, 0.15) is 0 Å². The molecule has 0 rings (SSSR count). The third kappa shape index (κ3) is 8.93. The Bertz CT molecular complexity index is 192. The molecule has 6 heteroatoms. The molecular weight excluding hydrogens is 230 g/mol. The van der Waals surface area contributed by atoms with Crippen molar-refractivity contribution in [3.05, 3.63) is 0 Å². The first-order valence-electron chi connectivity index (χ1n) is 4.49. The van der Waals surface area contributed by atoms with E-state index in [0.717, 1.165) is 0 Å². The normalized spacial score (nSPS) is 12.4. The van der Waals surface area contributed by atoms with Crippen LogP contribution in [0.15, 0.2) is 0 Å². The van der Waals surface area contributed by atoms with Crippen LogP contribution in [0.4, 0.5) is 0 Å². The Morgan fingerprint density at radius 3 is 1.36 bits per heavy atom. The topological polar surface area (TPSA) is 60.7 Å². The number of hydrogen-bond acceptors (Lipinski definition) is 0. The number of rotatable bonds is 4. The van der Waals surface area contributed by atoms with E-state index in [1.165, 1.54) is 0 Å². The van der Waals surface area contributed by atoms with E-state index >= 15 is 0 Å². The molecule has 0 aliphatic heterocycles. The summed E-state index contributed by atoms with van der Waals surface area (Å²) in [6.45, 7) is 4.49. The molecule has 14 heavy (non-hydrogen) atoms. The van der Waals surface area contributed by atoms with Gasteiger partial charge in [0.25, 0.3) is 6.72 Å². The molecule has 0 fully saturated rings. The van der Waals surface area contributed by atoms with Gasteiger partial charge >= 0.3 is 29.6 Å². The Balaban J connectivity index is 0. The van der Waals surface area contributed by atoms with Gasteiger partial charge in [0.2, 0.25) is 0 Å². The van der Waals surface area contributed by atoms with Gasteiger partial charge in [-0.25, -0.2) is 0 Å². The maximum atomic E-state index is 9.21. The molecule has 0 atom stereocenters. The van der Waals surface area contributed by atoms with Gasteiger partial charge in [0.05, 0.1) is 0 Å². The van der Waals surface area contributed by atoms with Crippen molar-refractivity contribution < 1.29 is 14.7 Å². The monoisotopic (exact) mass is 252 g/mol. The van der Waals surface area contributed by atoms with Crippen LogP contribution in [0.1, 0.15) is 27.7 Å². The maximum absolute atomic E-state index is 9.21. The van der Waals surface area contributed by atoms with Crippen molar-refractivity contribution in [1.29, 1.82) is 0 Å². The average molecular weight is 252 g/mol. The molecule has 0 radical (unpaired) electrons. The zero-order valence-electron chi connectivity index (χ0n) is 8.77. The molecule has 84 valence electrons.